The summed E-state index contributed by atoms with van der Waals surface area (Å²) in [5, 5.41) is 8.79. The number of hydrogen-bond donors (Lipinski definition) is 0. The molecule has 17 heavy (non-hydrogen) atoms. The van der Waals surface area contributed by atoms with E-state index in [9.17, 15) is 4.79 Å². The van der Waals surface area contributed by atoms with E-state index in [-0.39, 0.29) is 11.8 Å². The molecule has 96 valence electrons. The van der Waals surface area contributed by atoms with Crippen LogP contribution >= 0.6 is 0 Å². The Balaban J connectivity index is 2.43. The van der Waals surface area contributed by atoms with Crippen LogP contribution < -0.4 is 0 Å². The molecule has 0 aliphatic heterocycles. The van der Waals surface area contributed by atoms with E-state index < -0.39 is 0 Å². The van der Waals surface area contributed by atoms with Gasteiger partial charge in [-0.3, -0.25) is 9.69 Å². The van der Waals surface area contributed by atoms with Crippen molar-refractivity contribution in [2.24, 2.45) is 5.92 Å². The number of nitrogens with zero attached hydrogens (tertiary/aromatic N) is 3. The van der Waals surface area contributed by atoms with E-state index in [1.165, 1.54) is 0 Å². The third-order valence-corrected chi connectivity index (χ3v) is 3.21. The Bertz CT molecular complexity index is 294. The SMILES string of the molecule is CCN(CC(=O)N(CC)C1CC1)CC(C)C#N. The Kier molecular flexibility index (Phi) is 5.43. The van der Waals surface area contributed by atoms with Crippen LogP contribution in [0.25, 0.3) is 0 Å². The first-order valence-corrected chi connectivity index (χ1v) is 6.53. The summed E-state index contributed by atoms with van der Waals surface area (Å²) in [5.74, 6) is 0.195. The lowest BCUT2D eigenvalue weighted by molar-refractivity contribution is -0.132. The summed E-state index contributed by atoms with van der Waals surface area (Å²) in [5.41, 5.74) is 0. The Morgan fingerprint density at radius 2 is 2.06 bits per heavy atom. The van der Waals surface area contributed by atoms with Crippen LogP contribution in [0, 0.1) is 17.2 Å². The van der Waals surface area contributed by atoms with E-state index in [4.69, 9.17) is 5.26 Å². The van der Waals surface area contributed by atoms with Crippen molar-refractivity contribution in [3.63, 3.8) is 0 Å². The Morgan fingerprint density at radius 1 is 1.41 bits per heavy atom. The van der Waals surface area contributed by atoms with Gasteiger partial charge in [-0.15, -0.1) is 0 Å². The van der Waals surface area contributed by atoms with Crippen molar-refractivity contribution in [3.8, 4) is 6.07 Å². The Labute approximate surface area is 104 Å². The third kappa shape index (κ3) is 4.35. The number of carbonyl (C=O) groups is 1. The van der Waals surface area contributed by atoms with Gasteiger partial charge in [-0.25, -0.2) is 0 Å². The number of amides is 1. The lowest BCUT2D eigenvalue weighted by Crippen LogP contribution is -2.42. The second-order valence-electron chi connectivity index (χ2n) is 4.77. The fourth-order valence-electron chi connectivity index (χ4n) is 2.04. The van der Waals surface area contributed by atoms with Crippen molar-refractivity contribution in [2.45, 2.75) is 39.7 Å². The lowest BCUT2D eigenvalue weighted by Gasteiger charge is -2.26. The van der Waals surface area contributed by atoms with Crippen molar-refractivity contribution in [2.75, 3.05) is 26.2 Å². The molecule has 0 aromatic carbocycles. The van der Waals surface area contributed by atoms with Gasteiger partial charge in [0.1, 0.15) is 0 Å². The number of carbonyl (C=O) groups excluding carboxylic acids is 1. The van der Waals surface area contributed by atoms with Gasteiger partial charge in [0.15, 0.2) is 0 Å². The Hall–Kier alpha value is -1.08. The summed E-state index contributed by atoms with van der Waals surface area (Å²) in [6.07, 6.45) is 2.31. The van der Waals surface area contributed by atoms with Crippen LogP contribution in [0.3, 0.4) is 0 Å². The zero-order valence-electron chi connectivity index (χ0n) is 11.1. The molecule has 1 fully saturated rings. The summed E-state index contributed by atoms with van der Waals surface area (Å²) in [4.78, 5) is 16.1. The second-order valence-corrected chi connectivity index (χ2v) is 4.77. The van der Waals surface area contributed by atoms with Gasteiger partial charge in [0.25, 0.3) is 0 Å². The second kappa shape index (κ2) is 6.61. The smallest absolute Gasteiger partial charge is 0.236 e. The van der Waals surface area contributed by atoms with Crippen LogP contribution in [-0.2, 0) is 4.79 Å². The molecule has 1 aliphatic carbocycles. The van der Waals surface area contributed by atoms with Crippen molar-refractivity contribution >= 4 is 5.91 Å². The van der Waals surface area contributed by atoms with Gasteiger partial charge in [-0.2, -0.15) is 5.26 Å². The third-order valence-electron chi connectivity index (χ3n) is 3.21. The molecule has 0 aromatic rings. The maximum absolute atomic E-state index is 12.1. The molecule has 0 aromatic heterocycles. The summed E-state index contributed by atoms with van der Waals surface area (Å²) in [6.45, 7) is 8.71. The summed E-state index contributed by atoms with van der Waals surface area (Å²) < 4.78 is 0. The molecule has 4 nitrogen and oxygen atoms in total. The minimum atomic E-state index is -0.0150. The molecule has 1 saturated carbocycles. The van der Waals surface area contributed by atoms with Gasteiger partial charge in [-0.1, -0.05) is 6.92 Å². The normalized spacial score (nSPS) is 16.6. The van der Waals surface area contributed by atoms with Gasteiger partial charge >= 0.3 is 0 Å². The molecular formula is C13H23N3O. The number of likely N-dealkylation sites (N-methyl/N-ethyl adjacent to an activating group) is 2. The quantitative estimate of drug-likeness (QED) is 0.674. The fourth-order valence-corrected chi connectivity index (χ4v) is 2.04. The van der Waals surface area contributed by atoms with Crippen molar-refractivity contribution < 1.29 is 4.79 Å². The maximum atomic E-state index is 12.1. The first-order chi connectivity index (χ1) is 8.12. The molecule has 0 heterocycles. The van der Waals surface area contributed by atoms with Crippen LogP contribution in [-0.4, -0.2) is 47.9 Å². The molecule has 1 rings (SSSR count). The summed E-state index contributed by atoms with van der Waals surface area (Å²) in [7, 11) is 0. The van der Waals surface area contributed by atoms with E-state index in [2.05, 4.69) is 11.0 Å². The van der Waals surface area contributed by atoms with Crippen molar-refractivity contribution in [1.29, 1.82) is 5.26 Å². The zero-order valence-corrected chi connectivity index (χ0v) is 11.1. The molecule has 0 spiro atoms. The predicted molar refractivity (Wildman–Crippen MR) is 67.3 cm³/mol. The van der Waals surface area contributed by atoms with Gasteiger partial charge in [0, 0.05) is 19.1 Å². The monoisotopic (exact) mass is 237 g/mol. The van der Waals surface area contributed by atoms with Crippen LogP contribution in [0.5, 0.6) is 0 Å². The summed E-state index contributed by atoms with van der Waals surface area (Å²) >= 11 is 0. The first-order valence-electron chi connectivity index (χ1n) is 6.53. The standard InChI is InChI=1S/C13H23N3O/c1-4-15(9-11(3)8-14)10-13(17)16(5-2)12-6-7-12/h11-12H,4-7,9-10H2,1-3H3. The highest BCUT2D eigenvalue weighted by Crippen LogP contribution is 2.26. The van der Waals surface area contributed by atoms with Gasteiger partial charge < -0.3 is 4.90 Å². The molecule has 1 amide bonds. The number of nitriles is 1. The van der Waals surface area contributed by atoms with E-state index in [1.54, 1.807) is 0 Å². The van der Waals surface area contributed by atoms with Crippen LogP contribution in [0.2, 0.25) is 0 Å². The van der Waals surface area contributed by atoms with E-state index in [0.717, 1.165) is 25.9 Å². The predicted octanol–water partition coefficient (Wildman–Crippen LogP) is 1.48. The topological polar surface area (TPSA) is 47.3 Å². The minimum Gasteiger partial charge on any atom is -0.339 e. The average Bonchev–Trinajstić information content (AvgIpc) is 3.13. The van der Waals surface area contributed by atoms with Gasteiger partial charge in [0.2, 0.25) is 5.91 Å². The minimum absolute atomic E-state index is 0.0150. The molecule has 0 bridgehead atoms. The summed E-state index contributed by atoms with van der Waals surface area (Å²) in [6, 6.07) is 2.70. The van der Waals surface area contributed by atoms with E-state index >= 15 is 0 Å². The molecule has 4 heteroatoms. The molecule has 0 radical (unpaired) electrons. The Morgan fingerprint density at radius 3 is 2.47 bits per heavy atom. The molecule has 0 N–H and O–H groups in total. The van der Waals surface area contributed by atoms with Crippen LogP contribution in [0.4, 0.5) is 0 Å². The van der Waals surface area contributed by atoms with E-state index in [1.807, 2.05) is 25.7 Å². The first kappa shape index (κ1) is 14.0. The molecule has 1 unspecified atom stereocenters. The molecule has 0 saturated heterocycles. The van der Waals surface area contributed by atoms with Crippen molar-refractivity contribution in [3.05, 3.63) is 0 Å². The number of hydrogen-bond acceptors (Lipinski definition) is 3. The molecule has 1 atom stereocenters. The molecular weight excluding hydrogens is 214 g/mol. The molecule has 1 aliphatic rings. The van der Waals surface area contributed by atoms with E-state index in [0.29, 0.717) is 19.1 Å². The fraction of sp³-hybridized carbons (Fsp3) is 0.846. The number of rotatable bonds is 7. The maximum Gasteiger partial charge on any atom is 0.236 e. The van der Waals surface area contributed by atoms with Crippen LogP contribution in [0.15, 0.2) is 0 Å². The zero-order chi connectivity index (χ0) is 12.8. The lowest BCUT2D eigenvalue weighted by atomic mass is 10.2. The van der Waals surface area contributed by atoms with Crippen molar-refractivity contribution in [1.82, 2.24) is 9.80 Å². The average molecular weight is 237 g/mol. The largest absolute Gasteiger partial charge is 0.339 e. The van der Waals surface area contributed by atoms with Gasteiger partial charge in [0.05, 0.1) is 18.5 Å². The van der Waals surface area contributed by atoms with Crippen LogP contribution in [0.1, 0.15) is 33.6 Å². The van der Waals surface area contributed by atoms with Gasteiger partial charge in [-0.05, 0) is 33.2 Å². The highest BCUT2D eigenvalue weighted by molar-refractivity contribution is 5.78. The highest BCUT2D eigenvalue weighted by atomic mass is 16.2. The highest BCUT2D eigenvalue weighted by Gasteiger charge is 2.31.